The summed E-state index contributed by atoms with van der Waals surface area (Å²) in [7, 11) is -3.69. The number of benzene rings is 1. The van der Waals surface area contributed by atoms with Gasteiger partial charge in [0, 0.05) is 0 Å². The number of phenolic OH excluding ortho intramolecular Hbond substituents is 1. The molecule has 21 heavy (non-hydrogen) atoms. The molecular formula is C14H21NO5S. The topological polar surface area (TPSA) is 104 Å². The summed E-state index contributed by atoms with van der Waals surface area (Å²) in [5.74, 6) is -1.32. The Bertz CT molecular complexity index is 587. The smallest absolute Gasteiger partial charge is 0.322 e. The van der Waals surface area contributed by atoms with Crippen LogP contribution < -0.4 is 4.72 Å². The zero-order valence-corrected chi connectivity index (χ0v) is 13.1. The first-order valence-corrected chi connectivity index (χ1v) is 8.14. The molecule has 1 aromatic rings. The van der Waals surface area contributed by atoms with E-state index in [2.05, 4.69) is 4.72 Å². The van der Waals surface area contributed by atoms with Crippen LogP contribution in [0.4, 0.5) is 0 Å². The number of rotatable bonds is 6. The van der Waals surface area contributed by atoms with Gasteiger partial charge in [0.1, 0.15) is 11.8 Å². The van der Waals surface area contributed by atoms with Crippen LogP contribution in [0.5, 0.6) is 5.75 Å². The zero-order valence-electron chi connectivity index (χ0n) is 12.3. The fourth-order valence-electron chi connectivity index (χ4n) is 1.88. The summed E-state index contributed by atoms with van der Waals surface area (Å²) in [6.07, 6.45) is 0.0129. The minimum absolute atomic E-state index is 0.0129. The van der Waals surface area contributed by atoms with Crippen molar-refractivity contribution in [2.75, 3.05) is 5.75 Å². The van der Waals surface area contributed by atoms with Crippen LogP contribution in [-0.4, -0.2) is 36.4 Å². The van der Waals surface area contributed by atoms with E-state index in [1.54, 1.807) is 32.9 Å². The molecule has 6 nitrogen and oxygen atoms in total. The van der Waals surface area contributed by atoms with Gasteiger partial charge in [0.25, 0.3) is 0 Å². The van der Waals surface area contributed by atoms with Gasteiger partial charge in [0.15, 0.2) is 0 Å². The van der Waals surface area contributed by atoms with Crippen molar-refractivity contribution in [2.24, 2.45) is 5.41 Å². The number of aromatic hydroxyl groups is 1. The second-order valence-corrected chi connectivity index (χ2v) is 7.95. The number of carbonyl (C=O) groups is 1. The molecule has 0 aliphatic carbocycles. The fourth-order valence-corrected chi connectivity index (χ4v) is 3.72. The van der Waals surface area contributed by atoms with Crippen LogP contribution in [0.1, 0.15) is 26.3 Å². The van der Waals surface area contributed by atoms with Crippen molar-refractivity contribution >= 4 is 16.0 Å². The minimum atomic E-state index is -3.69. The van der Waals surface area contributed by atoms with E-state index in [1.165, 1.54) is 12.1 Å². The number of hydrogen-bond donors (Lipinski definition) is 3. The van der Waals surface area contributed by atoms with Gasteiger partial charge in [-0.25, -0.2) is 13.1 Å². The molecule has 0 radical (unpaired) electrons. The standard InChI is InChI=1S/C14H21NO5S/c1-14(2,3)9-21(19,20)15-12(13(17)18)8-10-4-6-11(16)7-5-10/h4-7,12,15-16H,8-9H2,1-3H3,(H,17,18)/t12-/m0/s1. The van der Waals surface area contributed by atoms with E-state index < -0.39 is 27.4 Å². The Hall–Kier alpha value is -1.60. The van der Waals surface area contributed by atoms with E-state index in [4.69, 9.17) is 0 Å². The lowest BCUT2D eigenvalue weighted by atomic mass is 10.0. The maximum atomic E-state index is 12.0. The van der Waals surface area contributed by atoms with E-state index in [9.17, 15) is 23.4 Å². The summed E-state index contributed by atoms with van der Waals surface area (Å²) in [6, 6.07) is 4.74. The molecule has 0 spiro atoms. The van der Waals surface area contributed by atoms with E-state index in [0.717, 1.165) is 0 Å². The van der Waals surface area contributed by atoms with Crippen molar-refractivity contribution in [1.29, 1.82) is 0 Å². The number of nitrogens with one attached hydrogen (secondary N) is 1. The quantitative estimate of drug-likeness (QED) is 0.735. The molecule has 0 amide bonds. The molecule has 3 N–H and O–H groups in total. The lowest BCUT2D eigenvalue weighted by molar-refractivity contribution is -0.138. The number of aliphatic carboxylic acids is 1. The van der Waals surface area contributed by atoms with Gasteiger partial charge < -0.3 is 10.2 Å². The highest BCUT2D eigenvalue weighted by molar-refractivity contribution is 7.89. The molecule has 7 heteroatoms. The van der Waals surface area contributed by atoms with Crippen molar-refractivity contribution < 1.29 is 23.4 Å². The summed E-state index contributed by atoms with van der Waals surface area (Å²) in [5.41, 5.74) is 0.159. The van der Waals surface area contributed by atoms with Gasteiger partial charge in [-0.2, -0.15) is 0 Å². The van der Waals surface area contributed by atoms with Crippen molar-refractivity contribution in [3.63, 3.8) is 0 Å². The van der Waals surface area contributed by atoms with Crippen LogP contribution in [0.3, 0.4) is 0 Å². The number of sulfonamides is 1. The van der Waals surface area contributed by atoms with Crippen LogP contribution in [0.2, 0.25) is 0 Å². The van der Waals surface area contributed by atoms with E-state index in [0.29, 0.717) is 5.56 Å². The van der Waals surface area contributed by atoms with Gasteiger partial charge in [0.2, 0.25) is 10.0 Å². The Kier molecular flexibility index (Phi) is 5.36. The van der Waals surface area contributed by atoms with E-state index in [-0.39, 0.29) is 17.9 Å². The van der Waals surface area contributed by atoms with Crippen molar-refractivity contribution in [2.45, 2.75) is 33.2 Å². The first-order valence-electron chi connectivity index (χ1n) is 6.49. The molecule has 118 valence electrons. The van der Waals surface area contributed by atoms with Gasteiger partial charge >= 0.3 is 5.97 Å². The lowest BCUT2D eigenvalue weighted by Crippen LogP contribution is -2.44. The van der Waals surface area contributed by atoms with Gasteiger partial charge in [-0.3, -0.25) is 4.79 Å². The summed E-state index contributed by atoms with van der Waals surface area (Å²) in [6.45, 7) is 5.30. The van der Waals surface area contributed by atoms with Crippen molar-refractivity contribution in [3.05, 3.63) is 29.8 Å². The van der Waals surface area contributed by atoms with Crippen molar-refractivity contribution in [1.82, 2.24) is 4.72 Å². The predicted molar refractivity (Wildman–Crippen MR) is 79.6 cm³/mol. The average Bonchev–Trinajstić information content (AvgIpc) is 2.27. The Morgan fingerprint density at radius 2 is 1.76 bits per heavy atom. The van der Waals surface area contributed by atoms with E-state index in [1.807, 2.05) is 0 Å². The zero-order chi connectivity index (χ0) is 16.3. The number of carboxylic acids is 1. The summed E-state index contributed by atoms with van der Waals surface area (Å²) in [4.78, 5) is 11.2. The summed E-state index contributed by atoms with van der Waals surface area (Å²) >= 11 is 0. The minimum Gasteiger partial charge on any atom is -0.508 e. The van der Waals surface area contributed by atoms with Crippen molar-refractivity contribution in [3.8, 4) is 5.75 Å². The van der Waals surface area contributed by atoms with Gasteiger partial charge in [-0.15, -0.1) is 0 Å². The third-order valence-electron chi connectivity index (χ3n) is 2.62. The molecule has 0 heterocycles. The fraction of sp³-hybridized carbons (Fsp3) is 0.500. The Morgan fingerprint density at radius 3 is 2.19 bits per heavy atom. The first kappa shape index (κ1) is 17.5. The Balaban J connectivity index is 2.83. The maximum absolute atomic E-state index is 12.0. The maximum Gasteiger partial charge on any atom is 0.322 e. The molecule has 0 saturated carbocycles. The third kappa shape index (κ3) is 6.59. The van der Waals surface area contributed by atoms with Gasteiger partial charge in [0.05, 0.1) is 5.75 Å². The molecule has 0 bridgehead atoms. The third-order valence-corrected chi connectivity index (χ3v) is 4.51. The monoisotopic (exact) mass is 315 g/mol. The second-order valence-electron chi connectivity index (χ2n) is 6.20. The highest BCUT2D eigenvalue weighted by Crippen LogP contribution is 2.16. The Labute approximate surface area is 124 Å². The molecule has 0 fully saturated rings. The van der Waals surface area contributed by atoms with Crippen LogP contribution >= 0.6 is 0 Å². The molecular weight excluding hydrogens is 294 g/mol. The SMILES string of the molecule is CC(C)(C)CS(=O)(=O)N[C@@H](Cc1ccc(O)cc1)C(=O)O. The Morgan fingerprint density at radius 1 is 1.24 bits per heavy atom. The highest BCUT2D eigenvalue weighted by atomic mass is 32.2. The first-order chi connectivity index (χ1) is 9.48. The molecule has 1 rings (SSSR count). The van der Waals surface area contributed by atoms with E-state index >= 15 is 0 Å². The van der Waals surface area contributed by atoms with Crippen LogP contribution in [0.25, 0.3) is 0 Å². The molecule has 0 unspecified atom stereocenters. The molecule has 0 aromatic heterocycles. The molecule has 1 aromatic carbocycles. The molecule has 0 aliphatic heterocycles. The number of phenols is 1. The van der Waals surface area contributed by atoms with Crippen LogP contribution in [-0.2, 0) is 21.2 Å². The largest absolute Gasteiger partial charge is 0.508 e. The molecule has 1 atom stereocenters. The highest BCUT2D eigenvalue weighted by Gasteiger charge is 2.28. The number of hydrogen-bond acceptors (Lipinski definition) is 4. The average molecular weight is 315 g/mol. The lowest BCUT2D eigenvalue weighted by Gasteiger charge is -2.21. The number of carboxylic acid groups (broad SMARTS) is 1. The van der Waals surface area contributed by atoms with Gasteiger partial charge in [-0.05, 0) is 29.5 Å². The van der Waals surface area contributed by atoms with Gasteiger partial charge in [-0.1, -0.05) is 32.9 Å². The van der Waals surface area contributed by atoms with Crippen LogP contribution in [0, 0.1) is 5.41 Å². The molecule has 0 aliphatic rings. The predicted octanol–water partition coefficient (Wildman–Crippen LogP) is 1.35. The molecule has 0 saturated heterocycles. The second kappa shape index (κ2) is 6.44. The van der Waals surface area contributed by atoms with Crippen LogP contribution in [0.15, 0.2) is 24.3 Å². The normalized spacial score (nSPS) is 13.9. The summed E-state index contributed by atoms with van der Waals surface area (Å²) < 4.78 is 26.2. The summed E-state index contributed by atoms with van der Waals surface area (Å²) in [5, 5.41) is 18.4.